The van der Waals surface area contributed by atoms with Crippen molar-refractivity contribution in [3.05, 3.63) is 90.5 Å². The Morgan fingerprint density at radius 1 is 0.618 bits per heavy atom. The lowest BCUT2D eigenvalue weighted by Crippen LogP contribution is -2.50. The van der Waals surface area contributed by atoms with Crippen molar-refractivity contribution in [1.82, 2.24) is 9.80 Å². The van der Waals surface area contributed by atoms with E-state index in [-0.39, 0.29) is 17.8 Å². The van der Waals surface area contributed by atoms with Crippen LogP contribution in [-0.2, 0) is 4.79 Å². The number of rotatable bonds is 6. The zero-order valence-electron chi connectivity index (χ0n) is 18.7. The third-order valence-corrected chi connectivity index (χ3v) is 5.51. The van der Waals surface area contributed by atoms with Crippen molar-refractivity contribution < 1.29 is 14.4 Å². The molecule has 1 fully saturated rings. The Kier molecular flexibility index (Phi) is 7.52. The molecular formula is C26H27N5O3. The summed E-state index contributed by atoms with van der Waals surface area (Å²) in [7, 11) is 0. The van der Waals surface area contributed by atoms with Crippen molar-refractivity contribution in [1.29, 1.82) is 0 Å². The van der Waals surface area contributed by atoms with Crippen LogP contribution in [0.5, 0.6) is 0 Å². The monoisotopic (exact) mass is 457 g/mol. The van der Waals surface area contributed by atoms with Gasteiger partial charge in [-0.3, -0.25) is 14.5 Å². The first-order valence-electron chi connectivity index (χ1n) is 11.2. The Hall–Kier alpha value is -4.17. The second kappa shape index (κ2) is 11.1. The fourth-order valence-corrected chi connectivity index (χ4v) is 3.73. The number of nitrogens with zero attached hydrogens (tertiary/aromatic N) is 2. The summed E-state index contributed by atoms with van der Waals surface area (Å²) in [5.41, 5.74) is 2.63. The molecule has 1 saturated heterocycles. The number of urea groups is 1. The van der Waals surface area contributed by atoms with E-state index < -0.39 is 0 Å². The van der Waals surface area contributed by atoms with Gasteiger partial charge in [0, 0.05) is 48.8 Å². The molecule has 1 aliphatic heterocycles. The summed E-state index contributed by atoms with van der Waals surface area (Å²) >= 11 is 0. The minimum absolute atomic E-state index is 0.0614. The van der Waals surface area contributed by atoms with E-state index in [1.54, 1.807) is 41.3 Å². The van der Waals surface area contributed by atoms with Crippen LogP contribution in [0.15, 0.2) is 84.9 Å². The van der Waals surface area contributed by atoms with Crippen LogP contribution in [0.2, 0.25) is 0 Å². The Morgan fingerprint density at radius 3 is 1.68 bits per heavy atom. The highest BCUT2D eigenvalue weighted by Gasteiger charge is 2.23. The van der Waals surface area contributed by atoms with Crippen LogP contribution in [0.4, 0.5) is 21.9 Å². The van der Waals surface area contributed by atoms with Crippen molar-refractivity contribution >= 4 is 34.9 Å². The Labute approximate surface area is 198 Å². The van der Waals surface area contributed by atoms with Gasteiger partial charge < -0.3 is 20.9 Å². The van der Waals surface area contributed by atoms with E-state index in [4.69, 9.17) is 0 Å². The van der Waals surface area contributed by atoms with Crippen LogP contribution in [0.1, 0.15) is 10.4 Å². The van der Waals surface area contributed by atoms with Crippen LogP contribution < -0.4 is 16.0 Å². The number of piperazine rings is 1. The number of carbonyl (C=O) groups is 3. The van der Waals surface area contributed by atoms with Gasteiger partial charge in [0.2, 0.25) is 5.91 Å². The molecule has 0 saturated carbocycles. The minimum Gasteiger partial charge on any atom is -0.336 e. The van der Waals surface area contributed by atoms with Crippen LogP contribution >= 0.6 is 0 Å². The summed E-state index contributed by atoms with van der Waals surface area (Å²) in [6.45, 7) is 2.66. The van der Waals surface area contributed by atoms with Gasteiger partial charge in [0.15, 0.2) is 0 Å². The Bertz CT molecular complexity index is 1110. The lowest BCUT2D eigenvalue weighted by Gasteiger charge is -2.34. The molecule has 4 rings (SSSR count). The van der Waals surface area contributed by atoms with Gasteiger partial charge in [0.05, 0.1) is 6.54 Å². The summed E-state index contributed by atoms with van der Waals surface area (Å²) in [5, 5.41) is 8.40. The van der Waals surface area contributed by atoms with Crippen LogP contribution in [0.3, 0.4) is 0 Å². The topological polar surface area (TPSA) is 93.8 Å². The van der Waals surface area contributed by atoms with E-state index >= 15 is 0 Å². The van der Waals surface area contributed by atoms with Gasteiger partial charge in [0.1, 0.15) is 0 Å². The van der Waals surface area contributed by atoms with Crippen molar-refractivity contribution in [3.63, 3.8) is 0 Å². The molecule has 0 radical (unpaired) electrons. The van der Waals surface area contributed by atoms with Crippen LogP contribution in [0.25, 0.3) is 0 Å². The maximum atomic E-state index is 12.9. The highest BCUT2D eigenvalue weighted by Crippen LogP contribution is 2.14. The first-order valence-corrected chi connectivity index (χ1v) is 11.2. The van der Waals surface area contributed by atoms with Gasteiger partial charge in [-0.15, -0.1) is 0 Å². The highest BCUT2D eigenvalue weighted by molar-refractivity contribution is 6.00. The number of carbonyl (C=O) groups excluding carboxylic acids is 3. The van der Waals surface area contributed by atoms with Crippen molar-refractivity contribution in [2.24, 2.45) is 0 Å². The van der Waals surface area contributed by atoms with E-state index in [2.05, 4.69) is 16.0 Å². The van der Waals surface area contributed by atoms with E-state index in [0.717, 1.165) is 5.69 Å². The van der Waals surface area contributed by atoms with Gasteiger partial charge in [-0.2, -0.15) is 0 Å². The number of para-hydroxylation sites is 2. The lowest BCUT2D eigenvalue weighted by molar-refractivity contribution is -0.117. The summed E-state index contributed by atoms with van der Waals surface area (Å²) in [6.07, 6.45) is 0. The molecule has 4 amide bonds. The minimum atomic E-state index is -0.349. The lowest BCUT2D eigenvalue weighted by atomic mass is 10.1. The number of benzene rings is 3. The molecule has 0 bridgehead atoms. The van der Waals surface area contributed by atoms with Crippen molar-refractivity contribution in [2.75, 3.05) is 48.7 Å². The molecule has 8 nitrogen and oxygen atoms in total. The Balaban J connectivity index is 1.23. The molecule has 174 valence electrons. The van der Waals surface area contributed by atoms with Gasteiger partial charge in [0.25, 0.3) is 5.91 Å². The normalized spacial score (nSPS) is 13.7. The van der Waals surface area contributed by atoms with Crippen molar-refractivity contribution in [3.8, 4) is 0 Å². The smallest absolute Gasteiger partial charge is 0.323 e. The predicted octanol–water partition coefficient (Wildman–Crippen LogP) is 3.73. The second-order valence-corrected chi connectivity index (χ2v) is 8.01. The fraction of sp³-hybridized carbons (Fsp3) is 0.192. The summed E-state index contributed by atoms with van der Waals surface area (Å²) in [4.78, 5) is 41.1. The third-order valence-electron chi connectivity index (χ3n) is 5.51. The van der Waals surface area contributed by atoms with Gasteiger partial charge in [-0.25, -0.2) is 4.79 Å². The molecule has 0 aliphatic carbocycles. The van der Waals surface area contributed by atoms with E-state index in [9.17, 15) is 14.4 Å². The van der Waals surface area contributed by atoms with Gasteiger partial charge in [-0.05, 0) is 48.5 Å². The Morgan fingerprint density at radius 2 is 1.12 bits per heavy atom. The molecule has 0 unspecified atom stereocenters. The van der Waals surface area contributed by atoms with Gasteiger partial charge >= 0.3 is 6.03 Å². The fourth-order valence-electron chi connectivity index (χ4n) is 3.73. The van der Waals surface area contributed by atoms with Crippen LogP contribution in [-0.4, -0.2) is 60.4 Å². The first-order chi connectivity index (χ1) is 16.6. The quantitative estimate of drug-likeness (QED) is 0.526. The zero-order chi connectivity index (χ0) is 23.8. The maximum absolute atomic E-state index is 12.9. The van der Waals surface area contributed by atoms with E-state index in [1.807, 2.05) is 53.4 Å². The molecule has 0 spiro atoms. The second-order valence-electron chi connectivity index (χ2n) is 8.01. The molecular weight excluding hydrogens is 430 g/mol. The molecule has 34 heavy (non-hydrogen) atoms. The molecule has 3 N–H and O–H groups in total. The maximum Gasteiger partial charge on any atom is 0.323 e. The van der Waals surface area contributed by atoms with Crippen molar-refractivity contribution in [2.45, 2.75) is 0 Å². The standard InChI is InChI=1S/C26H27N5O3/c32-24(27-21-7-3-1-4-8-21)19-30-15-17-31(18-16-30)25(33)20-11-13-23(14-12-20)29-26(34)28-22-9-5-2-6-10-22/h1-14H,15-19H2,(H,27,32)(H2,28,29,34). The average molecular weight is 458 g/mol. The molecule has 0 atom stereocenters. The van der Waals surface area contributed by atoms with Gasteiger partial charge in [-0.1, -0.05) is 36.4 Å². The molecule has 8 heteroatoms. The average Bonchev–Trinajstić information content (AvgIpc) is 2.86. The number of hydrogen-bond donors (Lipinski definition) is 3. The van der Waals surface area contributed by atoms with E-state index in [0.29, 0.717) is 49.7 Å². The summed E-state index contributed by atoms with van der Waals surface area (Å²) < 4.78 is 0. The first kappa shape index (κ1) is 23.0. The molecule has 3 aromatic rings. The van der Waals surface area contributed by atoms with E-state index in [1.165, 1.54) is 0 Å². The number of nitrogens with one attached hydrogen (secondary N) is 3. The molecule has 0 aromatic heterocycles. The highest BCUT2D eigenvalue weighted by atomic mass is 16.2. The largest absolute Gasteiger partial charge is 0.336 e. The number of amides is 4. The summed E-state index contributed by atoms with van der Waals surface area (Å²) in [6, 6.07) is 25.0. The van der Waals surface area contributed by atoms with Crippen LogP contribution in [0, 0.1) is 0 Å². The third kappa shape index (κ3) is 6.43. The zero-order valence-corrected chi connectivity index (χ0v) is 18.7. The summed E-state index contributed by atoms with van der Waals surface area (Å²) in [5.74, 6) is -0.126. The SMILES string of the molecule is O=C(CN1CCN(C(=O)c2ccc(NC(=O)Nc3ccccc3)cc2)CC1)Nc1ccccc1. The molecule has 1 aliphatic rings. The number of anilines is 3. The number of hydrogen-bond acceptors (Lipinski definition) is 4. The molecule has 3 aromatic carbocycles. The predicted molar refractivity (Wildman–Crippen MR) is 133 cm³/mol. The molecule has 1 heterocycles.